The van der Waals surface area contributed by atoms with Crippen LogP contribution in [0, 0.1) is 0 Å². The molecule has 1 aromatic heterocycles. The average Bonchev–Trinajstić information content (AvgIpc) is 2.28. The van der Waals surface area contributed by atoms with Crippen molar-refractivity contribution in [1.29, 1.82) is 0 Å². The molecule has 1 heterocycles. The predicted octanol–water partition coefficient (Wildman–Crippen LogP) is 0.611. The number of nitrogens with zero attached hydrogens (tertiary/aromatic N) is 2. The van der Waals surface area contributed by atoms with Crippen molar-refractivity contribution < 1.29 is 9.47 Å². The van der Waals surface area contributed by atoms with Crippen LogP contribution in [0.4, 0.5) is 0 Å². The van der Waals surface area contributed by atoms with E-state index in [1.165, 1.54) is 0 Å². The molecule has 1 N–H and O–H groups in total. The Bertz CT molecular complexity index is 264. The van der Waals surface area contributed by atoms with Gasteiger partial charge in [0.2, 0.25) is 5.88 Å². The quantitative estimate of drug-likeness (QED) is 0.670. The number of rotatable bonds is 7. The Kier molecular flexibility index (Phi) is 5.65. The summed E-state index contributed by atoms with van der Waals surface area (Å²) in [6.07, 6.45) is 0. The van der Waals surface area contributed by atoms with Gasteiger partial charge in [-0.1, -0.05) is 6.92 Å². The Morgan fingerprint density at radius 2 is 2.13 bits per heavy atom. The highest BCUT2D eigenvalue weighted by molar-refractivity contribution is 5.11. The van der Waals surface area contributed by atoms with Gasteiger partial charge in [-0.15, -0.1) is 5.10 Å². The van der Waals surface area contributed by atoms with E-state index in [0.717, 1.165) is 18.8 Å². The van der Waals surface area contributed by atoms with Gasteiger partial charge in [0.05, 0.1) is 12.3 Å². The van der Waals surface area contributed by atoms with E-state index >= 15 is 0 Å². The first-order valence-electron chi connectivity index (χ1n) is 5.02. The zero-order valence-electron chi connectivity index (χ0n) is 9.19. The van der Waals surface area contributed by atoms with Gasteiger partial charge >= 0.3 is 0 Å². The lowest BCUT2D eigenvalue weighted by molar-refractivity contribution is 0.143. The normalized spacial score (nSPS) is 10.3. The molecule has 0 radical (unpaired) electrons. The van der Waals surface area contributed by atoms with Gasteiger partial charge in [-0.05, 0) is 12.6 Å². The van der Waals surface area contributed by atoms with Gasteiger partial charge in [-0.2, -0.15) is 5.10 Å². The van der Waals surface area contributed by atoms with Crippen LogP contribution < -0.4 is 10.1 Å². The number of hydrogen-bond donors (Lipinski definition) is 1. The lowest BCUT2D eigenvalue weighted by Gasteiger charge is -2.04. The highest BCUT2D eigenvalue weighted by atomic mass is 16.5. The zero-order chi connectivity index (χ0) is 10.9. The second-order valence-electron chi connectivity index (χ2n) is 2.98. The van der Waals surface area contributed by atoms with Crippen molar-refractivity contribution in [2.24, 2.45) is 0 Å². The molecular weight excluding hydrogens is 194 g/mol. The lowest BCUT2D eigenvalue weighted by atomic mass is 10.4. The third-order valence-electron chi connectivity index (χ3n) is 1.79. The average molecular weight is 211 g/mol. The molecule has 0 spiro atoms. The molecule has 0 aliphatic carbocycles. The Morgan fingerprint density at radius 3 is 2.73 bits per heavy atom. The highest BCUT2D eigenvalue weighted by Crippen LogP contribution is 2.04. The van der Waals surface area contributed by atoms with Crippen LogP contribution in [0.15, 0.2) is 12.1 Å². The van der Waals surface area contributed by atoms with Crippen molar-refractivity contribution in [3.63, 3.8) is 0 Å². The Labute approximate surface area is 89.8 Å². The molecule has 1 aromatic rings. The van der Waals surface area contributed by atoms with Crippen LogP contribution in [0.1, 0.15) is 12.6 Å². The maximum Gasteiger partial charge on any atom is 0.233 e. The summed E-state index contributed by atoms with van der Waals surface area (Å²) in [6, 6.07) is 3.72. The number of nitrogens with one attached hydrogen (secondary N) is 1. The van der Waals surface area contributed by atoms with E-state index in [4.69, 9.17) is 9.47 Å². The molecule has 84 valence electrons. The molecule has 5 heteroatoms. The molecule has 1 rings (SSSR count). The van der Waals surface area contributed by atoms with E-state index in [0.29, 0.717) is 19.1 Å². The van der Waals surface area contributed by atoms with Gasteiger partial charge in [0.25, 0.3) is 0 Å². The van der Waals surface area contributed by atoms with E-state index in [2.05, 4.69) is 22.4 Å². The molecule has 0 aliphatic heterocycles. The smallest absolute Gasteiger partial charge is 0.233 e. The van der Waals surface area contributed by atoms with Crippen LogP contribution in [0.2, 0.25) is 0 Å². The molecule has 0 fully saturated rings. The van der Waals surface area contributed by atoms with E-state index in [9.17, 15) is 0 Å². The van der Waals surface area contributed by atoms with Crippen molar-refractivity contribution >= 4 is 0 Å². The summed E-state index contributed by atoms with van der Waals surface area (Å²) < 4.78 is 10.1. The maximum absolute atomic E-state index is 5.29. The summed E-state index contributed by atoms with van der Waals surface area (Å²) in [5.41, 5.74) is 0.913. The van der Waals surface area contributed by atoms with Gasteiger partial charge < -0.3 is 14.8 Å². The largest absolute Gasteiger partial charge is 0.474 e. The minimum atomic E-state index is 0.498. The van der Waals surface area contributed by atoms with Crippen molar-refractivity contribution in [2.75, 3.05) is 26.9 Å². The number of ether oxygens (including phenoxy) is 2. The van der Waals surface area contributed by atoms with E-state index in [1.807, 2.05) is 12.1 Å². The molecule has 0 saturated carbocycles. The summed E-state index contributed by atoms with van der Waals surface area (Å²) in [5, 5.41) is 11.1. The van der Waals surface area contributed by atoms with Crippen molar-refractivity contribution in [2.45, 2.75) is 13.5 Å². The fourth-order valence-corrected chi connectivity index (χ4v) is 1.00. The Balaban J connectivity index is 2.35. The molecule has 0 aliphatic rings. The summed E-state index contributed by atoms with van der Waals surface area (Å²) in [7, 11) is 1.63. The third-order valence-corrected chi connectivity index (χ3v) is 1.79. The summed E-state index contributed by atoms with van der Waals surface area (Å²) in [4.78, 5) is 0. The molecule has 0 saturated heterocycles. The van der Waals surface area contributed by atoms with Crippen molar-refractivity contribution in [3.05, 3.63) is 17.8 Å². The molecule has 0 unspecified atom stereocenters. The number of aromatic nitrogens is 2. The van der Waals surface area contributed by atoms with Crippen molar-refractivity contribution in [3.8, 4) is 5.88 Å². The number of hydrogen-bond acceptors (Lipinski definition) is 5. The lowest BCUT2D eigenvalue weighted by Crippen LogP contribution is -2.13. The van der Waals surface area contributed by atoms with Gasteiger partial charge in [0, 0.05) is 19.7 Å². The fourth-order valence-electron chi connectivity index (χ4n) is 1.00. The van der Waals surface area contributed by atoms with Crippen molar-refractivity contribution in [1.82, 2.24) is 15.5 Å². The summed E-state index contributed by atoms with van der Waals surface area (Å²) in [6.45, 7) is 4.77. The number of methoxy groups -OCH3 is 1. The minimum absolute atomic E-state index is 0.498. The van der Waals surface area contributed by atoms with Gasteiger partial charge in [-0.25, -0.2) is 0 Å². The SMILES string of the molecule is CCNCc1ccc(OCCOC)nn1. The molecule has 15 heavy (non-hydrogen) atoms. The van der Waals surface area contributed by atoms with E-state index < -0.39 is 0 Å². The molecule has 5 nitrogen and oxygen atoms in total. The third kappa shape index (κ3) is 4.71. The molecule has 0 aromatic carbocycles. The Morgan fingerprint density at radius 1 is 1.27 bits per heavy atom. The molecular formula is C10H17N3O2. The Hall–Kier alpha value is -1.20. The van der Waals surface area contributed by atoms with E-state index in [1.54, 1.807) is 7.11 Å². The second-order valence-corrected chi connectivity index (χ2v) is 2.98. The molecule has 0 amide bonds. The van der Waals surface area contributed by atoms with Crippen LogP contribution in [-0.2, 0) is 11.3 Å². The van der Waals surface area contributed by atoms with Crippen LogP contribution in [0.25, 0.3) is 0 Å². The van der Waals surface area contributed by atoms with Crippen LogP contribution in [0.5, 0.6) is 5.88 Å². The van der Waals surface area contributed by atoms with Crippen LogP contribution in [0.3, 0.4) is 0 Å². The standard InChI is InChI=1S/C10H17N3O2/c1-3-11-8-9-4-5-10(13-12-9)15-7-6-14-2/h4-5,11H,3,6-8H2,1-2H3. The van der Waals surface area contributed by atoms with Crippen LogP contribution >= 0.6 is 0 Å². The summed E-state index contributed by atoms with van der Waals surface area (Å²) >= 11 is 0. The highest BCUT2D eigenvalue weighted by Gasteiger charge is 1.97. The molecule has 0 bridgehead atoms. The fraction of sp³-hybridized carbons (Fsp3) is 0.600. The minimum Gasteiger partial charge on any atom is -0.474 e. The monoisotopic (exact) mass is 211 g/mol. The first kappa shape index (κ1) is 11.9. The second kappa shape index (κ2) is 7.14. The topological polar surface area (TPSA) is 56.3 Å². The zero-order valence-corrected chi connectivity index (χ0v) is 9.19. The van der Waals surface area contributed by atoms with Crippen LogP contribution in [-0.4, -0.2) is 37.1 Å². The first-order valence-corrected chi connectivity index (χ1v) is 5.02. The first-order chi connectivity index (χ1) is 7.36. The van der Waals surface area contributed by atoms with Gasteiger partial charge in [-0.3, -0.25) is 0 Å². The van der Waals surface area contributed by atoms with Gasteiger partial charge in [0.1, 0.15) is 6.61 Å². The summed E-state index contributed by atoms with van der Waals surface area (Å²) in [5.74, 6) is 0.535. The van der Waals surface area contributed by atoms with Gasteiger partial charge in [0.15, 0.2) is 0 Å². The molecule has 0 atom stereocenters. The predicted molar refractivity (Wildman–Crippen MR) is 56.8 cm³/mol. The van der Waals surface area contributed by atoms with E-state index in [-0.39, 0.29) is 0 Å². The maximum atomic E-state index is 5.29.